The molecule has 0 aromatic heterocycles. The fraction of sp³-hybridized carbons (Fsp3) is 0.133. The van der Waals surface area contributed by atoms with E-state index in [2.05, 4.69) is 43.3 Å². The molecule has 18 heavy (non-hydrogen) atoms. The third-order valence-electron chi connectivity index (χ3n) is 3.04. The van der Waals surface area contributed by atoms with Crippen molar-refractivity contribution in [1.82, 2.24) is 0 Å². The zero-order chi connectivity index (χ0) is 12.5. The van der Waals surface area contributed by atoms with Crippen LogP contribution in [-0.2, 0) is 6.54 Å². The number of hydrogen-bond donors (Lipinski definition) is 1. The summed E-state index contributed by atoms with van der Waals surface area (Å²) in [4.78, 5) is 7.14. The number of benzene rings is 2. The largest absolute Gasteiger partial charge is 0.326 e. The minimum Gasteiger partial charge on any atom is -0.326 e. The maximum absolute atomic E-state index is 5.71. The Morgan fingerprint density at radius 1 is 1.11 bits per heavy atom. The molecule has 0 saturated heterocycles. The van der Waals surface area contributed by atoms with Gasteiger partial charge in [0.2, 0.25) is 0 Å². The number of fused-ring (bicyclic) bond motifs is 2. The molecule has 0 unspecified atom stereocenters. The molecular formula is C15H14N2S. The van der Waals surface area contributed by atoms with E-state index in [-0.39, 0.29) is 0 Å². The summed E-state index contributed by atoms with van der Waals surface area (Å²) in [5.74, 6) is 0. The number of hydrogen-bond acceptors (Lipinski definition) is 3. The molecule has 0 aliphatic carbocycles. The van der Waals surface area contributed by atoms with E-state index in [0.29, 0.717) is 6.54 Å². The van der Waals surface area contributed by atoms with Crippen LogP contribution in [0.15, 0.2) is 57.2 Å². The lowest BCUT2D eigenvalue weighted by Gasteiger charge is -2.07. The van der Waals surface area contributed by atoms with Crippen molar-refractivity contribution in [3.05, 3.63) is 53.6 Å². The second-order valence-corrected chi connectivity index (χ2v) is 5.39. The van der Waals surface area contributed by atoms with Gasteiger partial charge in [-0.3, -0.25) is 4.99 Å². The average molecular weight is 254 g/mol. The van der Waals surface area contributed by atoms with Gasteiger partial charge in [0, 0.05) is 27.6 Å². The molecule has 2 N–H and O–H groups in total. The lowest BCUT2D eigenvalue weighted by atomic mass is 10.1. The minimum absolute atomic E-state index is 0.575. The van der Waals surface area contributed by atoms with Gasteiger partial charge in [-0.15, -0.1) is 0 Å². The number of rotatable bonds is 1. The second-order valence-electron chi connectivity index (χ2n) is 4.30. The molecule has 0 atom stereocenters. The van der Waals surface area contributed by atoms with Crippen LogP contribution in [0.5, 0.6) is 0 Å². The Hall–Kier alpha value is -1.58. The van der Waals surface area contributed by atoms with Crippen molar-refractivity contribution >= 4 is 23.2 Å². The molecule has 0 amide bonds. The number of aliphatic imine (C=N–C) groups is 1. The van der Waals surface area contributed by atoms with Crippen LogP contribution in [0.4, 0.5) is 5.69 Å². The normalized spacial score (nSPS) is 13.3. The van der Waals surface area contributed by atoms with Gasteiger partial charge in [0.15, 0.2) is 0 Å². The van der Waals surface area contributed by atoms with E-state index in [9.17, 15) is 0 Å². The molecule has 1 aliphatic rings. The van der Waals surface area contributed by atoms with Crippen molar-refractivity contribution in [3.8, 4) is 0 Å². The van der Waals surface area contributed by atoms with Gasteiger partial charge in [-0.1, -0.05) is 36.0 Å². The molecular weight excluding hydrogens is 240 g/mol. The fourth-order valence-electron chi connectivity index (χ4n) is 2.07. The first-order valence-electron chi connectivity index (χ1n) is 5.93. The topological polar surface area (TPSA) is 38.4 Å². The first kappa shape index (κ1) is 11.5. The van der Waals surface area contributed by atoms with Gasteiger partial charge in [-0.05, 0) is 30.7 Å². The Kier molecular flexibility index (Phi) is 2.94. The van der Waals surface area contributed by atoms with Crippen LogP contribution in [-0.4, -0.2) is 5.71 Å². The van der Waals surface area contributed by atoms with Gasteiger partial charge in [0.1, 0.15) is 0 Å². The minimum atomic E-state index is 0.575. The summed E-state index contributed by atoms with van der Waals surface area (Å²) in [6.07, 6.45) is 0. The van der Waals surface area contributed by atoms with Crippen LogP contribution in [0.3, 0.4) is 0 Å². The molecule has 0 fully saturated rings. The molecule has 0 spiro atoms. The summed E-state index contributed by atoms with van der Waals surface area (Å²) in [6, 6.07) is 14.6. The molecule has 1 aliphatic heterocycles. The summed E-state index contributed by atoms with van der Waals surface area (Å²) >= 11 is 1.77. The molecule has 3 rings (SSSR count). The van der Waals surface area contributed by atoms with Gasteiger partial charge >= 0.3 is 0 Å². The van der Waals surface area contributed by atoms with Crippen LogP contribution in [0.1, 0.15) is 18.1 Å². The molecule has 90 valence electrons. The molecule has 2 aromatic carbocycles. The molecule has 3 heteroatoms. The highest BCUT2D eigenvalue weighted by atomic mass is 32.2. The lowest BCUT2D eigenvalue weighted by Crippen LogP contribution is -2.00. The highest BCUT2D eigenvalue weighted by Gasteiger charge is 2.14. The smallest absolute Gasteiger partial charge is 0.0772 e. The van der Waals surface area contributed by atoms with E-state index in [0.717, 1.165) is 17.0 Å². The number of para-hydroxylation sites is 1. The van der Waals surface area contributed by atoms with Gasteiger partial charge in [0.25, 0.3) is 0 Å². The predicted molar refractivity (Wildman–Crippen MR) is 76.8 cm³/mol. The monoisotopic (exact) mass is 254 g/mol. The summed E-state index contributed by atoms with van der Waals surface area (Å²) in [6.45, 7) is 2.63. The van der Waals surface area contributed by atoms with Crippen LogP contribution in [0.25, 0.3) is 0 Å². The highest BCUT2D eigenvalue weighted by Crippen LogP contribution is 2.40. The summed E-state index contributed by atoms with van der Waals surface area (Å²) in [5.41, 5.74) is 10.2. The molecule has 0 radical (unpaired) electrons. The van der Waals surface area contributed by atoms with E-state index in [4.69, 9.17) is 10.7 Å². The Bertz CT molecular complexity index is 632. The van der Waals surface area contributed by atoms with E-state index >= 15 is 0 Å². The van der Waals surface area contributed by atoms with E-state index < -0.39 is 0 Å². The lowest BCUT2D eigenvalue weighted by molar-refractivity contribution is 1.06. The van der Waals surface area contributed by atoms with E-state index in [1.165, 1.54) is 15.4 Å². The van der Waals surface area contributed by atoms with E-state index in [1.807, 2.05) is 6.07 Å². The number of nitrogens with zero attached hydrogens (tertiary/aromatic N) is 1. The zero-order valence-electron chi connectivity index (χ0n) is 10.2. The first-order valence-corrected chi connectivity index (χ1v) is 6.75. The van der Waals surface area contributed by atoms with Crippen LogP contribution < -0.4 is 5.73 Å². The molecule has 2 aromatic rings. The number of nitrogens with two attached hydrogens (primary N) is 1. The third kappa shape index (κ3) is 1.96. The highest BCUT2D eigenvalue weighted by molar-refractivity contribution is 7.99. The Labute approximate surface area is 111 Å². The van der Waals surface area contributed by atoms with E-state index in [1.54, 1.807) is 11.8 Å². The summed E-state index contributed by atoms with van der Waals surface area (Å²) in [7, 11) is 0. The molecule has 1 heterocycles. The maximum atomic E-state index is 5.71. The second kappa shape index (κ2) is 4.59. The quantitative estimate of drug-likeness (QED) is 0.841. The van der Waals surface area contributed by atoms with Crippen molar-refractivity contribution < 1.29 is 0 Å². The van der Waals surface area contributed by atoms with Crippen LogP contribution >= 0.6 is 11.8 Å². The summed E-state index contributed by atoms with van der Waals surface area (Å²) in [5, 5.41) is 0. The van der Waals surface area contributed by atoms with Crippen LogP contribution in [0.2, 0.25) is 0 Å². The van der Waals surface area contributed by atoms with Crippen molar-refractivity contribution in [2.45, 2.75) is 23.3 Å². The van der Waals surface area contributed by atoms with Crippen molar-refractivity contribution in [2.24, 2.45) is 10.7 Å². The van der Waals surface area contributed by atoms with Gasteiger partial charge < -0.3 is 5.73 Å². The zero-order valence-corrected chi connectivity index (χ0v) is 11.0. The van der Waals surface area contributed by atoms with Crippen molar-refractivity contribution in [3.63, 3.8) is 0 Å². The Morgan fingerprint density at radius 3 is 2.78 bits per heavy atom. The van der Waals surface area contributed by atoms with Gasteiger partial charge in [0.05, 0.1) is 5.69 Å². The predicted octanol–water partition coefficient (Wildman–Crippen LogP) is 3.75. The van der Waals surface area contributed by atoms with Crippen molar-refractivity contribution in [2.75, 3.05) is 0 Å². The molecule has 2 nitrogen and oxygen atoms in total. The molecule has 0 bridgehead atoms. The average Bonchev–Trinajstić information content (AvgIpc) is 2.54. The first-order chi connectivity index (χ1) is 8.78. The Balaban J connectivity index is 2.19. The molecule has 0 saturated carbocycles. The maximum Gasteiger partial charge on any atom is 0.0772 e. The summed E-state index contributed by atoms with van der Waals surface area (Å²) < 4.78 is 0. The third-order valence-corrected chi connectivity index (χ3v) is 4.17. The van der Waals surface area contributed by atoms with Crippen molar-refractivity contribution in [1.29, 1.82) is 0 Å². The van der Waals surface area contributed by atoms with Gasteiger partial charge in [-0.2, -0.15) is 0 Å². The standard InChI is InChI=1S/C15H14N2S/c1-10-12-7-6-11(9-16)8-15(12)18-14-5-3-2-4-13(14)17-10/h2-8H,9,16H2,1H3. The van der Waals surface area contributed by atoms with Crippen LogP contribution in [0, 0.1) is 0 Å². The Morgan fingerprint density at radius 2 is 1.94 bits per heavy atom. The SMILES string of the molecule is CC1=Nc2ccccc2Sc2cc(CN)ccc21. The van der Waals surface area contributed by atoms with Gasteiger partial charge in [-0.25, -0.2) is 0 Å². The fourth-order valence-corrected chi connectivity index (χ4v) is 3.21.